The van der Waals surface area contributed by atoms with Crippen molar-refractivity contribution in [1.82, 2.24) is 10.2 Å². The van der Waals surface area contributed by atoms with Crippen molar-refractivity contribution in [3.05, 3.63) is 34.3 Å². The van der Waals surface area contributed by atoms with Gasteiger partial charge in [-0.15, -0.1) is 0 Å². The molecule has 0 unspecified atom stereocenters. The van der Waals surface area contributed by atoms with Crippen molar-refractivity contribution in [2.24, 2.45) is 0 Å². The summed E-state index contributed by atoms with van der Waals surface area (Å²) in [5, 5.41) is 2.52. The Hall–Kier alpha value is -2.35. The van der Waals surface area contributed by atoms with Crippen molar-refractivity contribution >= 4 is 39.9 Å². The van der Waals surface area contributed by atoms with E-state index in [1.54, 1.807) is 12.1 Å². The number of benzene rings is 1. The fraction of sp³-hybridized carbons (Fsp3) is 0.312. The summed E-state index contributed by atoms with van der Waals surface area (Å²) in [4.78, 5) is 36.4. The molecule has 0 aliphatic carbocycles. The number of hydrogen-bond acceptors (Lipinski definition) is 5. The minimum absolute atomic E-state index is 0.268. The minimum atomic E-state index is -1.05. The maximum atomic E-state index is 12.0. The van der Waals surface area contributed by atoms with Crippen molar-refractivity contribution < 1.29 is 23.9 Å². The lowest BCUT2D eigenvalue weighted by Gasteiger charge is -2.17. The van der Waals surface area contributed by atoms with Crippen LogP contribution in [-0.4, -0.2) is 49.1 Å². The first-order valence-electron chi connectivity index (χ1n) is 7.24. The normalized spacial score (nSPS) is 15.3. The lowest BCUT2D eigenvalue weighted by atomic mass is 10.2. The number of esters is 1. The van der Waals surface area contributed by atoms with Gasteiger partial charge in [0.1, 0.15) is 5.75 Å². The summed E-state index contributed by atoms with van der Waals surface area (Å²) < 4.78 is 11.1. The molecule has 1 atom stereocenters. The average Bonchev–Trinajstić information content (AvgIpc) is 2.98. The van der Waals surface area contributed by atoms with Crippen molar-refractivity contribution in [3.63, 3.8) is 0 Å². The minimum Gasteiger partial charge on any atom is -0.496 e. The summed E-state index contributed by atoms with van der Waals surface area (Å²) in [6.45, 7) is 2.10. The van der Waals surface area contributed by atoms with Crippen molar-refractivity contribution in [2.75, 3.05) is 20.2 Å². The van der Waals surface area contributed by atoms with Crippen LogP contribution in [0.4, 0.5) is 4.79 Å². The Kier molecular flexibility index (Phi) is 5.97. The molecule has 1 N–H and O–H groups in total. The predicted molar refractivity (Wildman–Crippen MR) is 90.4 cm³/mol. The number of amides is 3. The van der Waals surface area contributed by atoms with Gasteiger partial charge < -0.3 is 14.8 Å². The topological polar surface area (TPSA) is 84.9 Å². The number of rotatable bonds is 5. The average molecular weight is 397 g/mol. The van der Waals surface area contributed by atoms with Gasteiger partial charge in [-0.1, -0.05) is 15.9 Å². The number of imide groups is 1. The zero-order chi connectivity index (χ0) is 17.7. The van der Waals surface area contributed by atoms with Gasteiger partial charge >= 0.3 is 12.0 Å². The fourth-order valence-electron chi connectivity index (χ4n) is 2.16. The Balaban J connectivity index is 1.98. The van der Waals surface area contributed by atoms with E-state index in [2.05, 4.69) is 21.2 Å². The van der Waals surface area contributed by atoms with Crippen LogP contribution in [0.3, 0.4) is 0 Å². The molecule has 0 aromatic heterocycles. The van der Waals surface area contributed by atoms with Crippen LogP contribution < -0.4 is 10.1 Å². The van der Waals surface area contributed by atoms with Crippen LogP contribution >= 0.6 is 15.9 Å². The van der Waals surface area contributed by atoms with E-state index in [1.165, 1.54) is 26.2 Å². The van der Waals surface area contributed by atoms with Crippen LogP contribution in [0.15, 0.2) is 28.7 Å². The van der Waals surface area contributed by atoms with Gasteiger partial charge in [-0.2, -0.15) is 0 Å². The lowest BCUT2D eigenvalue weighted by molar-refractivity contribution is -0.153. The van der Waals surface area contributed by atoms with E-state index in [1.807, 2.05) is 6.07 Å². The highest BCUT2D eigenvalue weighted by Crippen LogP contribution is 2.24. The molecule has 2 rings (SSSR count). The lowest BCUT2D eigenvalue weighted by Crippen LogP contribution is -2.41. The molecule has 0 radical (unpaired) electrons. The van der Waals surface area contributed by atoms with Crippen LogP contribution in [0.25, 0.3) is 6.08 Å². The summed E-state index contributed by atoms with van der Waals surface area (Å²) in [6.07, 6.45) is 1.69. The van der Waals surface area contributed by atoms with Crippen LogP contribution in [0.5, 0.6) is 5.75 Å². The van der Waals surface area contributed by atoms with Crippen LogP contribution in [-0.2, 0) is 14.3 Å². The van der Waals surface area contributed by atoms with Crippen molar-refractivity contribution in [1.29, 1.82) is 0 Å². The second-order valence-electron chi connectivity index (χ2n) is 5.02. The van der Waals surface area contributed by atoms with Gasteiger partial charge in [-0.3, -0.25) is 9.69 Å². The Morgan fingerprint density at radius 2 is 2.17 bits per heavy atom. The molecule has 1 fully saturated rings. The Morgan fingerprint density at radius 1 is 1.42 bits per heavy atom. The molecule has 1 aliphatic heterocycles. The van der Waals surface area contributed by atoms with Gasteiger partial charge in [-0.25, -0.2) is 9.59 Å². The first kappa shape index (κ1) is 18.0. The summed E-state index contributed by atoms with van der Waals surface area (Å²) in [5.74, 6) is -0.635. The molecule has 1 heterocycles. The molecule has 128 valence electrons. The number of halogens is 1. The third-order valence-electron chi connectivity index (χ3n) is 3.35. The van der Waals surface area contributed by atoms with Gasteiger partial charge in [0.2, 0.25) is 0 Å². The molecule has 0 saturated carbocycles. The van der Waals surface area contributed by atoms with E-state index < -0.39 is 24.0 Å². The largest absolute Gasteiger partial charge is 0.496 e. The Labute approximate surface area is 147 Å². The van der Waals surface area contributed by atoms with Crippen molar-refractivity contribution in [3.8, 4) is 5.75 Å². The van der Waals surface area contributed by atoms with E-state index in [0.717, 1.165) is 9.37 Å². The van der Waals surface area contributed by atoms with E-state index in [9.17, 15) is 14.4 Å². The van der Waals surface area contributed by atoms with Crippen LogP contribution in [0, 0.1) is 0 Å². The summed E-state index contributed by atoms with van der Waals surface area (Å²) in [5.41, 5.74) is 0.682. The monoisotopic (exact) mass is 396 g/mol. The number of ether oxygens (including phenoxy) is 2. The molecule has 3 amide bonds. The second kappa shape index (κ2) is 7.96. The van der Waals surface area contributed by atoms with E-state index in [-0.39, 0.29) is 6.54 Å². The molecular weight excluding hydrogens is 380 g/mol. The molecule has 0 bridgehead atoms. The van der Waals surface area contributed by atoms with Gasteiger partial charge in [0.05, 0.1) is 7.11 Å². The fourth-order valence-corrected chi connectivity index (χ4v) is 2.54. The maximum absolute atomic E-state index is 12.0. The van der Waals surface area contributed by atoms with Crippen molar-refractivity contribution in [2.45, 2.75) is 13.0 Å². The van der Waals surface area contributed by atoms with Crippen LogP contribution in [0.2, 0.25) is 0 Å². The van der Waals surface area contributed by atoms with Crippen LogP contribution in [0.1, 0.15) is 12.5 Å². The number of carbonyl (C=O) groups is 3. The zero-order valence-corrected chi connectivity index (χ0v) is 14.8. The van der Waals surface area contributed by atoms with Gasteiger partial charge in [0.15, 0.2) is 6.10 Å². The number of nitrogens with one attached hydrogen (secondary N) is 1. The second-order valence-corrected chi connectivity index (χ2v) is 5.94. The number of methoxy groups -OCH3 is 1. The number of urea groups is 1. The molecule has 8 heteroatoms. The molecule has 1 aromatic carbocycles. The molecule has 1 aromatic rings. The summed E-state index contributed by atoms with van der Waals surface area (Å²) >= 11 is 3.34. The Morgan fingerprint density at radius 3 is 2.79 bits per heavy atom. The highest BCUT2D eigenvalue weighted by molar-refractivity contribution is 9.10. The third kappa shape index (κ3) is 4.35. The predicted octanol–water partition coefficient (Wildman–Crippen LogP) is 1.95. The molecular formula is C16H17BrN2O5. The molecule has 1 aliphatic rings. The number of hydrogen-bond donors (Lipinski definition) is 1. The Bertz CT molecular complexity index is 689. The quantitative estimate of drug-likeness (QED) is 0.607. The third-order valence-corrected chi connectivity index (χ3v) is 3.85. The van der Waals surface area contributed by atoms with Gasteiger partial charge in [-0.05, 0) is 31.2 Å². The summed E-state index contributed by atoms with van der Waals surface area (Å²) in [7, 11) is 1.53. The highest BCUT2D eigenvalue weighted by Gasteiger charge is 2.31. The standard InChI is InChI=1S/C16H17BrN2O5/c1-10(15(21)19-8-7-18-16(19)22)24-14(20)6-3-11-9-12(17)4-5-13(11)23-2/h3-6,9-10H,7-8H2,1-2H3,(H,18,22)/b6-3+/t10-/m1/s1. The van der Waals surface area contributed by atoms with E-state index >= 15 is 0 Å². The van der Waals surface area contributed by atoms with E-state index in [0.29, 0.717) is 17.9 Å². The van der Waals surface area contributed by atoms with Gasteiger partial charge in [0.25, 0.3) is 5.91 Å². The molecule has 7 nitrogen and oxygen atoms in total. The van der Waals surface area contributed by atoms with E-state index in [4.69, 9.17) is 9.47 Å². The smallest absolute Gasteiger partial charge is 0.331 e. The first-order valence-corrected chi connectivity index (χ1v) is 8.03. The zero-order valence-electron chi connectivity index (χ0n) is 13.2. The number of nitrogens with zero attached hydrogens (tertiary/aromatic N) is 1. The molecule has 24 heavy (non-hydrogen) atoms. The van der Waals surface area contributed by atoms with Gasteiger partial charge in [0, 0.05) is 29.2 Å². The number of carbonyl (C=O) groups excluding carboxylic acids is 3. The summed E-state index contributed by atoms with van der Waals surface area (Å²) in [6, 6.07) is 4.88. The maximum Gasteiger partial charge on any atom is 0.331 e. The SMILES string of the molecule is COc1ccc(Br)cc1/C=C/C(=O)O[C@H](C)C(=O)N1CCNC1=O. The highest BCUT2D eigenvalue weighted by atomic mass is 79.9. The first-order chi connectivity index (χ1) is 11.4. The molecule has 0 spiro atoms. The molecule has 1 saturated heterocycles.